The van der Waals surface area contributed by atoms with E-state index in [4.69, 9.17) is 44.3 Å². The minimum absolute atomic E-state index is 0.113. The molecule has 1 fully saturated rings. The van der Waals surface area contributed by atoms with Gasteiger partial charge in [0.25, 0.3) is 0 Å². The maximum atomic E-state index is 12.7. The number of hydrazine groups is 1. The third-order valence-corrected chi connectivity index (χ3v) is 6.50. The Morgan fingerprint density at radius 2 is 1.77 bits per heavy atom. The molecule has 1 aliphatic heterocycles. The lowest BCUT2D eigenvalue weighted by atomic mass is 10.1. The average molecular weight is 535 g/mol. The molecule has 10 heteroatoms. The Kier molecular flexibility index (Phi) is 7.90. The number of rotatable bonds is 8. The second-order valence-corrected chi connectivity index (χ2v) is 9.15. The van der Waals surface area contributed by atoms with Crippen LogP contribution in [0.25, 0.3) is 0 Å². The number of amides is 2. The van der Waals surface area contributed by atoms with E-state index in [1.807, 2.05) is 6.07 Å². The van der Waals surface area contributed by atoms with E-state index >= 15 is 0 Å². The van der Waals surface area contributed by atoms with Crippen LogP contribution in [0.3, 0.4) is 0 Å². The number of methoxy groups -OCH3 is 1. The number of halogens is 3. The number of anilines is 2. The summed E-state index contributed by atoms with van der Waals surface area (Å²) in [6.07, 6.45) is 0.126. The first-order valence-corrected chi connectivity index (χ1v) is 11.8. The van der Waals surface area contributed by atoms with Crippen molar-refractivity contribution in [1.82, 2.24) is 5.43 Å². The van der Waals surface area contributed by atoms with Gasteiger partial charge in [0.05, 0.1) is 28.8 Å². The lowest BCUT2D eigenvalue weighted by Crippen LogP contribution is -2.36. The maximum absolute atomic E-state index is 12.7. The van der Waals surface area contributed by atoms with Gasteiger partial charge in [0.15, 0.2) is 11.5 Å². The van der Waals surface area contributed by atoms with Crippen molar-refractivity contribution in [1.29, 1.82) is 0 Å². The van der Waals surface area contributed by atoms with Crippen molar-refractivity contribution < 1.29 is 19.1 Å². The van der Waals surface area contributed by atoms with Crippen molar-refractivity contribution in [3.05, 3.63) is 81.3 Å². The highest BCUT2D eigenvalue weighted by atomic mass is 35.5. The van der Waals surface area contributed by atoms with Crippen molar-refractivity contribution in [3.8, 4) is 11.5 Å². The molecule has 182 valence electrons. The lowest BCUT2D eigenvalue weighted by molar-refractivity contribution is -0.125. The molecule has 0 unspecified atom stereocenters. The second kappa shape index (κ2) is 11.1. The fourth-order valence-corrected chi connectivity index (χ4v) is 4.09. The molecule has 0 radical (unpaired) electrons. The molecule has 0 spiro atoms. The standard InChI is InChI=1S/C25H22Cl3N3O4/c1-34-23-12-18(5-9-22(23)35-14-15-2-8-20(27)21(28)10-15)29-30-25(33)16-11-24(32)31(13-16)19-6-3-17(26)4-7-19/h2-10,12,16,29H,11,13-14H2,1H3,(H,30,33)/t16-/m1/s1. The molecule has 2 N–H and O–H groups in total. The summed E-state index contributed by atoms with van der Waals surface area (Å²) in [4.78, 5) is 26.7. The number of carbonyl (C=O) groups excluding carboxylic acids is 2. The fraction of sp³-hybridized carbons (Fsp3) is 0.200. The summed E-state index contributed by atoms with van der Waals surface area (Å²) in [5, 5.41) is 1.51. The Labute approximate surface area is 217 Å². The van der Waals surface area contributed by atoms with E-state index in [0.29, 0.717) is 44.5 Å². The molecule has 0 bridgehead atoms. The monoisotopic (exact) mass is 533 g/mol. The summed E-state index contributed by atoms with van der Waals surface area (Å²) < 4.78 is 11.3. The molecule has 1 heterocycles. The van der Waals surface area contributed by atoms with Gasteiger partial charge in [0, 0.05) is 29.7 Å². The Hall–Kier alpha value is -3.13. The largest absolute Gasteiger partial charge is 0.493 e. The van der Waals surface area contributed by atoms with Gasteiger partial charge < -0.3 is 14.4 Å². The van der Waals surface area contributed by atoms with E-state index in [9.17, 15) is 9.59 Å². The number of hydrogen-bond acceptors (Lipinski definition) is 5. The predicted octanol–water partition coefficient (Wildman–Crippen LogP) is 5.73. The zero-order valence-corrected chi connectivity index (χ0v) is 21.0. The van der Waals surface area contributed by atoms with Gasteiger partial charge in [-0.1, -0.05) is 40.9 Å². The smallest absolute Gasteiger partial charge is 0.243 e. The number of benzene rings is 3. The zero-order valence-electron chi connectivity index (χ0n) is 18.7. The molecule has 0 aliphatic carbocycles. The average Bonchev–Trinajstić information content (AvgIpc) is 3.25. The zero-order chi connectivity index (χ0) is 24.9. The van der Waals surface area contributed by atoms with Crippen molar-refractivity contribution in [3.63, 3.8) is 0 Å². The van der Waals surface area contributed by atoms with Crippen LogP contribution in [-0.2, 0) is 16.2 Å². The van der Waals surface area contributed by atoms with Gasteiger partial charge in [0.2, 0.25) is 11.8 Å². The normalized spacial score (nSPS) is 15.1. The van der Waals surface area contributed by atoms with Gasteiger partial charge in [-0.15, -0.1) is 0 Å². The van der Waals surface area contributed by atoms with Crippen LogP contribution in [0.15, 0.2) is 60.7 Å². The first-order chi connectivity index (χ1) is 16.8. The fourth-order valence-electron chi connectivity index (χ4n) is 3.64. The van der Waals surface area contributed by atoms with Gasteiger partial charge >= 0.3 is 0 Å². The third kappa shape index (κ3) is 6.11. The molecule has 3 aromatic rings. The van der Waals surface area contributed by atoms with Crippen molar-refractivity contribution in [2.45, 2.75) is 13.0 Å². The van der Waals surface area contributed by atoms with Crippen LogP contribution in [-0.4, -0.2) is 25.5 Å². The molecular weight excluding hydrogens is 513 g/mol. The van der Waals surface area contributed by atoms with E-state index in [1.165, 1.54) is 7.11 Å². The molecule has 3 aromatic carbocycles. The van der Waals surface area contributed by atoms with Crippen LogP contribution in [0.4, 0.5) is 11.4 Å². The summed E-state index contributed by atoms with van der Waals surface area (Å²) in [7, 11) is 1.53. The van der Waals surface area contributed by atoms with Crippen LogP contribution in [0.1, 0.15) is 12.0 Å². The van der Waals surface area contributed by atoms with Crippen molar-refractivity contribution >= 4 is 58.0 Å². The predicted molar refractivity (Wildman–Crippen MR) is 137 cm³/mol. The SMILES string of the molecule is COc1cc(NNC(=O)[C@@H]2CC(=O)N(c3ccc(Cl)cc3)C2)ccc1OCc1ccc(Cl)c(Cl)c1. The molecule has 4 rings (SSSR count). The topological polar surface area (TPSA) is 79.9 Å². The van der Waals surface area contributed by atoms with E-state index in [-0.39, 0.29) is 24.8 Å². The highest BCUT2D eigenvalue weighted by Gasteiger charge is 2.35. The molecule has 1 saturated heterocycles. The van der Waals surface area contributed by atoms with Crippen molar-refractivity contribution in [2.24, 2.45) is 5.92 Å². The van der Waals surface area contributed by atoms with E-state index < -0.39 is 5.92 Å². The van der Waals surface area contributed by atoms with Gasteiger partial charge in [-0.3, -0.25) is 20.4 Å². The quantitative estimate of drug-likeness (QED) is 0.361. The molecule has 1 aliphatic rings. The number of carbonyl (C=O) groups is 2. The molecular formula is C25H22Cl3N3O4. The number of ether oxygens (including phenoxy) is 2. The summed E-state index contributed by atoms with van der Waals surface area (Å²) in [6.45, 7) is 0.565. The number of nitrogens with zero attached hydrogens (tertiary/aromatic N) is 1. The van der Waals surface area contributed by atoms with E-state index in [0.717, 1.165) is 5.56 Å². The minimum Gasteiger partial charge on any atom is -0.493 e. The maximum Gasteiger partial charge on any atom is 0.243 e. The number of hydrogen-bond donors (Lipinski definition) is 2. The summed E-state index contributed by atoms with van der Waals surface area (Å²) >= 11 is 17.9. The van der Waals surface area contributed by atoms with Gasteiger partial charge in [-0.05, 0) is 54.1 Å². The second-order valence-electron chi connectivity index (χ2n) is 7.90. The van der Waals surface area contributed by atoms with Gasteiger partial charge in [-0.2, -0.15) is 0 Å². The van der Waals surface area contributed by atoms with Crippen LogP contribution in [0.5, 0.6) is 11.5 Å². The Morgan fingerprint density at radius 1 is 1.00 bits per heavy atom. The molecule has 2 amide bonds. The van der Waals surface area contributed by atoms with Crippen LogP contribution < -0.4 is 25.2 Å². The van der Waals surface area contributed by atoms with Crippen LogP contribution in [0.2, 0.25) is 15.1 Å². The highest BCUT2D eigenvalue weighted by molar-refractivity contribution is 6.42. The van der Waals surface area contributed by atoms with E-state index in [2.05, 4.69) is 10.9 Å². The Morgan fingerprint density at radius 3 is 2.49 bits per heavy atom. The number of nitrogens with one attached hydrogen (secondary N) is 2. The van der Waals surface area contributed by atoms with Gasteiger partial charge in [0.1, 0.15) is 6.61 Å². The first kappa shape index (κ1) is 25.0. The molecule has 35 heavy (non-hydrogen) atoms. The minimum atomic E-state index is -0.485. The Balaban J connectivity index is 1.33. The third-order valence-electron chi connectivity index (χ3n) is 5.51. The van der Waals surface area contributed by atoms with E-state index in [1.54, 1.807) is 59.5 Å². The first-order valence-electron chi connectivity index (χ1n) is 10.7. The lowest BCUT2D eigenvalue weighted by Gasteiger charge is -2.17. The summed E-state index contributed by atoms with van der Waals surface area (Å²) in [5.41, 5.74) is 7.70. The molecule has 0 saturated carbocycles. The molecule has 7 nitrogen and oxygen atoms in total. The van der Waals surface area contributed by atoms with Crippen LogP contribution >= 0.6 is 34.8 Å². The molecule has 1 atom stereocenters. The Bertz CT molecular complexity index is 1240. The molecule has 0 aromatic heterocycles. The highest BCUT2D eigenvalue weighted by Crippen LogP contribution is 2.32. The summed E-state index contributed by atoms with van der Waals surface area (Å²) in [5.74, 6) is 0.123. The summed E-state index contributed by atoms with van der Waals surface area (Å²) in [6, 6.07) is 17.4. The van der Waals surface area contributed by atoms with Gasteiger partial charge in [-0.25, -0.2) is 0 Å². The van der Waals surface area contributed by atoms with Crippen molar-refractivity contribution in [2.75, 3.05) is 24.0 Å². The van der Waals surface area contributed by atoms with Crippen LogP contribution in [0, 0.1) is 5.92 Å².